The summed E-state index contributed by atoms with van der Waals surface area (Å²) in [5.74, 6) is 3.71. The summed E-state index contributed by atoms with van der Waals surface area (Å²) < 4.78 is 46.6. The van der Waals surface area contributed by atoms with Crippen molar-refractivity contribution in [1.82, 2.24) is 4.67 Å². The van der Waals surface area contributed by atoms with Gasteiger partial charge in [0.25, 0.3) is 0 Å². The van der Waals surface area contributed by atoms with E-state index in [1.807, 2.05) is 4.67 Å². The van der Waals surface area contributed by atoms with Gasteiger partial charge in [0, 0.05) is 0 Å². The van der Waals surface area contributed by atoms with Crippen molar-refractivity contribution in [2.24, 2.45) is 0 Å². The van der Waals surface area contributed by atoms with Gasteiger partial charge in [0.05, 0.1) is 0 Å². The van der Waals surface area contributed by atoms with Crippen molar-refractivity contribution in [2.75, 3.05) is 13.1 Å². The molecule has 1 N–H and O–H groups in total. The second-order valence-electron chi connectivity index (χ2n) is 8.18. The average molecular weight is 446 g/mol. The zero-order chi connectivity index (χ0) is 21.4. The Morgan fingerprint density at radius 3 is 2.42 bits per heavy atom. The number of fused-ring (bicyclic) bond motifs is 2. The molecule has 0 unspecified atom stereocenters. The van der Waals surface area contributed by atoms with Crippen LogP contribution in [-0.4, -0.2) is 47.3 Å². The van der Waals surface area contributed by atoms with Gasteiger partial charge in [-0.2, -0.15) is 0 Å². The Morgan fingerprint density at radius 2 is 1.68 bits per heavy atom. The Bertz CT molecular complexity index is 1040. The Kier molecular flexibility index (Phi) is 5.96. The fourth-order valence-corrected chi connectivity index (χ4v) is 5.16. The van der Waals surface area contributed by atoms with Gasteiger partial charge in [0.1, 0.15) is 0 Å². The molecule has 3 heterocycles. The Balaban J connectivity index is 1.19. The number of nitrogens with zero attached hydrogens (tertiary/aromatic N) is 1. The number of hydrogen-bond acceptors (Lipinski definition) is 5. The van der Waals surface area contributed by atoms with Crippen molar-refractivity contribution in [3.63, 3.8) is 0 Å². The summed E-state index contributed by atoms with van der Waals surface area (Å²) in [5.41, 5.74) is 1.71. The Morgan fingerprint density at radius 1 is 1.00 bits per heavy atom. The maximum absolute atomic E-state index is 13.4. The SMILES string of the molecule is O[C@@H](CN1C[C@H]([C@@H]2CCc3cc(F)ccc3O2)OC#[P+]1)[C@H]1CCc2cc(F)ccc2O1. The number of ether oxygens (including phenoxy) is 3. The molecule has 4 atom stereocenters. The molecule has 0 aromatic heterocycles. The number of aryl methyl sites for hydroxylation is 2. The average Bonchev–Trinajstić information content (AvgIpc) is 2.78. The summed E-state index contributed by atoms with van der Waals surface area (Å²) in [7, 11) is 0.752. The normalized spacial score (nSPS) is 26.1. The fraction of sp³-hybridized carbons (Fsp3) is 0.435. The van der Waals surface area contributed by atoms with Crippen molar-refractivity contribution in [1.29, 1.82) is 0 Å². The molecule has 0 aliphatic carbocycles. The molecule has 3 aliphatic rings. The minimum atomic E-state index is -0.692. The molecule has 0 saturated carbocycles. The van der Waals surface area contributed by atoms with Gasteiger partial charge in [-0.3, -0.25) is 0 Å². The number of aliphatic hydroxyl groups excluding tert-OH is 1. The number of benzene rings is 2. The molecule has 0 amide bonds. The molecule has 0 radical (unpaired) electrons. The molecule has 0 bridgehead atoms. The van der Waals surface area contributed by atoms with E-state index in [0.717, 1.165) is 32.2 Å². The monoisotopic (exact) mass is 446 g/mol. The van der Waals surface area contributed by atoms with E-state index < -0.39 is 6.10 Å². The van der Waals surface area contributed by atoms with E-state index in [0.29, 0.717) is 37.4 Å². The molecule has 2 aromatic carbocycles. The number of hydrogen-bond donors (Lipinski definition) is 1. The van der Waals surface area contributed by atoms with E-state index in [-0.39, 0.29) is 29.9 Å². The van der Waals surface area contributed by atoms with Gasteiger partial charge >= 0.3 is 181 Å². The molecule has 5 nitrogen and oxygen atoms in total. The van der Waals surface area contributed by atoms with Gasteiger partial charge in [-0.15, -0.1) is 0 Å². The Labute approximate surface area is 181 Å². The van der Waals surface area contributed by atoms with Crippen LogP contribution in [0.2, 0.25) is 0 Å². The molecule has 2 aromatic rings. The fourth-order valence-electron chi connectivity index (χ4n) is 4.37. The van der Waals surface area contributed by atoms with E-state index >= 15 is 0 Å². The third kappa shape index (κ3) is 4.62. The molecule has 0 fully saturated rings. The van der Waals surface area contributed by atoms with Crippen LogP contribution in [0.15, 0.2) is 36.4 Å². The second-order valence-corrected chi connectivity index (χ2v) is 9.13. The molecule has 5 rings (SSSR count). The molecular formula is C23H23F2NO4P+. The summed E-state index contributed by atoms with van der Waals surface area (Å²) in [4.78, 5) is 0. The van der Waals surface area contributed by atoms with E-state index in [4.69, 9.17) is 14.2 Å². The van der Waals surface area contributed by atoms with E-state index in [1.54, 1.807) is 12.1 Å². The van der Waals surface area contributed by atoms with Crippen LogP contribution in [0.5, 0.6) is 11.5 Å². The third-order valence-corrected chi connectivity index (χ3v) is 6.81. The van der Waals surface area contributed by atoms with Crippen molar-refractivity contribution < 1.29 is 28.1 Å². The Hall–Kier alpha value is -2.01. The van der Waals surface area contributed by atoms with Crippen LogP contribution in [0, 0.1) is 17.4 Å². The first-order valence-corrected chi connectivity index (χ1v) is 11.3. The summed E-state index contributed by atoms with van der Waals surface area (Å²) in [6.07, 6.45) is 1.35. The van der Waals surface area contributed by atoms with Gasteiger partial charge in [-0.25, -0.2) is 0 Å². The first-order chi connectivity index (χ1) is 15.0. The number of halogens is 2. The molecule has 3 aliphatic heterocycles. The molecule has 8 heteroatoms. The maximum atomic E-state index is 13.4. The van der Waals surface area contributed by atoms with Crippen LogP contribution in [0.25, 0.3) is 0 Å². The summed E-state index contributed by atoms with van der Waals surface area (Å²) in [5, 5.41) is 10.8. The molecule has 31 heavy (non-hydrogen) atoms. The van der Waals surface area contributed by atoms with E-state index in [2.05, 4.69) is 5.81 Å². The second kappa shape index (κ2) is 8.85. The number of rotatable bonds is 4. The predicted octanol–water partition coefficient (Wildman–Crippen LogP) is 3.89. The van der Waals surface area contributed by atoms with Crippen LogP contribution >= 0.6 is 8.19 Å². The van der Waals surface area contributed by atoms with Gasteiger partial charge in [-0.05, 0) is 0 Å². The molecular weight excluding hydrogens is 423 g/mol. The van der Waals surface area contributed by atoms with Crippen LogP contribution in [0.4, 0.5) is 8.78 Å². The summed E-state index contributed by atoms with van der Waals surface area (Å²) >= 11 is 0. The van der Waals surface area contributed by atoms with Crippen LogP contribution in [0.1, 0.15) is 24.0 Å². The van der Waals surface area contributed by atoms with Crippen molar-refractivity contribution in [2.45, 2.75) is 50.1 Å². The summed E-state index contributed by atoms with van der Waals surface area (Å²) in [6.45, 7) is 0.992. The number of β-amino-alcohol motifs (C(OH)–C–C–N with tert-alkyl or cyclic N) is 1. The van der Waals surface area contributed by atoms with Gasteiger partial charge in [0.15, 0.2) is 0 Å². The van der Waals surface area contributed by atoms with Crippen LogP contribution < -0.4 is 9.47 Å². The quantitative estimate of drug-likeness (QED) is 0.723. The van der Waals surface area contributed by atoms with Crippen molar-refractivity contribution in [3.8, 4) is 17.3 Å². The third-order valence-electron chi connectivity index (χ3n) is 6.02. The van der Waals surface area contributed by atoms with Gasteiger partial charge in [-0.1, -0.05) is 0 Å². The van der Waals surface area contributed by atoms with Crippen molar-refractivity contribution >= 4 is 8.19 Å². The zero-order valence-electron chi connectivity index (χ0n) is 16.8. The number of aliphatic hydroxyl groups is 1. The van der Waals surface area contributed by atoms with Crippen molar-refractivity contribution in [3.05, 3.63) is 59.2 Å². The van der Waals surface area contributed by atoms with Gasteiger partial charge < -0.3 is 0 Å². The molecule has 0 spiro atoms. The first kappa shape index (κ1) is 20.9. The van der Waals surface area contributed by atoms with Gasteiger partial charge in [0.2, 0.25) is 0 Å². The van der Waals surface area contributed by atoms with Crippen LogP contribution in [0.3, 0.4) is 0 Å². The molecule has 0 saturated heterocycles. The standard InChI is InChI=1S/C23H23F2NO4P/c24-16-3-7-19-14(9-16)1-5-21(29-19)18(27)11-26-12-23(28-13-31-26)22-6-2-15-10-17(25)4-8-20(15)30-22/h3-4,7-10,18,21-23,27H,1-2,5-6,11-12H2/q+1/t18-,21+,22-,23+/m0/s1. The van der Waals surface area contributed by atoms with Crippen LogP contribution in [-0.2, 0) is 17.6 Å². The van der Waals surface area contributed by atoms with E-state index in [1.165, 1.54) is 24.3 Å². The van der Waals surface area contributed by atoms with E-state index in [9.17, 15) is 13.9 Å². The molecule has 162 valence electrons. The minimum absolute atomic E-state index is 0.159. The first-order valence-electron chi connectivity index (χ1n) is 10.5. The zero-order valence-corrected chi connectivity index (χ0v) is 17.7. The summed E-state index contributed by atoms with van der Waals surface area (Å²) in [6, 6.07) is 9.07. The predicted molar refractivity (Wildman–Crippen MR) is 112 cm³/mol. The topological polar surface area (TPSA) is 51.2 Å².